The maximum atomic E-state index is 12.8. The minimum atomic E-state index is -1.26. The third kappa shape index (κ3) is 8.55. The highest BCUT2D eigenvalue weighted by Gasteiger charge is 2.22. The van der Waals surface area contributed by atoms with Gasteiger partial charge in [0.1, 0.15) is 5.52 Å². The Labute approximate surface area is 215 Å². The number of aromatic nitrogens is 2. The average Bonchev–Trinajstić information content (AvgIpc) is 3.32. The summed E-state index contributed by atoms with van der Waals surface area (Å²) in [6.07, 6.45) is 3.09. The predicted molar refractivity (Wildman–Crippen MR) is 138 cm³/mol. The molecule has 0 spiro atoms. The fourth-order valence-corrected chi connectivity index (χ4v) is 3.85. The van der Waals surface area contributed by atoms with Crippen LogP contribution in [0, 0.1) is 0 Å². The van der Waals surface area contributed by atoms with Gasteiger partial charge in [0.15, 0.2) is 0 Å². The van der Waals surface area contributed by atoms with Crippen LogP contribution in [0.4, 0.5) is 0 Å². The zero-order valence-corrected chi connectivity index (χ0v) is 20.9. The van der Waals surface area contributed by atoms with E-state index in [1.165, 1.54) is 5.56 Å². The van der Waals surface area contributed by atoms with Gasteiger partial charge in [-0.3, -0.25) is 14.4 Å². The van der Waals surface area contributed by atoms with E-state index in [1.807, 2.05) is 35.1 Å². The van der Waals surface area contributed by atoms with Gasteiger partial charge in [0.05, 0.1) is 18.3 Å². The van der Waals surface area contributed by atoms with Crippen molar-refractivity contribution in [3.63, 3.8) is 0 Å². The van der Waals surface area contributed by atoms with Gasteiger partial charge in [-0.15, -0.1) is 0 Å². The Hall–Kier alpha value is -4.02. The van der Waals surface area contributed by atoms with Crippen LogP contribution in [0.15, 0.2) is 66.9 Å². The number of ether oxygens (including phenoxy) is 1. The Morgan fingerprint density at radius 3 is 2.43 bits per heavy atom. The fourth-order valence-electron chi connectivity index (χ4n) is 3.85. The molecule has 0 bridgehead atoms. The number of carboxylic acids is 2. The average molecular weight is 509 g/mol. The molecule has 1 amide bonds. The van der Waals surface area contributed by atoms with Crippen LogP contribution in [0.5, 0.6) is 0 Å². The molecule has 10 nitrogen and oxygen atoms in total. The summed E-state index contributed by atoms with van der Waals surface area (Å²) in [5.74, 6) is -2.62. The maximum absolute atomic E-state index is 12.8. The van der Waals surface area contributed by atoms with Gasteiger partial charge in [-0.05, 0) is 25.5 Å². The molecule has 3 N–H and O–H groups in total. The number of carbonyl (C=O) groups excluding carboxylic acids is 1. The topological polar surface area (TPSA) is 134 Å². The molecule has 4 rings (SSSR count). The second-order valence-electron chi connectivity index (χ2n) is 8.88. The maximum Gasteiger partial charge on any atom is 0.328 e. The van der Waals surface area contributed by atoms with Gasteiger partial charge >= 0.3 is 11.9 Å². The Bertz CT molecular complexity index is 1220. The van der Waals surface area contributed by atoms with Crippen molar-refractivity contribution < 1.29 is 29.3 Å². The molecule has 3 aromatic rings. The molecule has 0 saturated carbocycles. The Morgan fingerprint density at radius 2 is 1.78 bits per heavy atom. The second kappa shape index (κ2) is 13.3. The standard InChI is InChI=1S/C23H28N4O2.C4H4O4/c1-17(2)27-15-19-9-6-10-21(22(19)25-27)23(28)24-13-20-16-26(11-12-29-20)14-18-7-4-3-5-8-18;5-3(6)1-2-4(7)8/h3-10,15,17,20H,11-14,16H2,1-2H3,(H,24,28);1-2H,(H,5,6)(H,7,8). The molecule has 10 heteroatoms. The van der Waals surface area contributed by atoms with Crippen LogP contribution in [-0.2, 0) is 20.9 Å². The second-order valence-corrected chi connectivity index (χ2v) is 8.88. The number of hydrogen-bond donors (Lipinski definition) is 3. The van der Waals surface area contributed by atoms with Crippen LogP contribution in [0.1, 0.15) is 35.8 Å². The van der Waals surface area contributed by atoms with E-state index in [-0.39, 0.29) is 18.1 Å². The molecule has 37 heavy (non-hydrogen) atoms. The number of fused-ring (bicyclic) bond motifs is 1. The van der Waals surface area contributed by atoms with Crippen molar-refractivity contribution in [3.8, 4) is 0 Å². The molecule has 1 aliphatic heterocycles. The number of morpholine rings is 1. The third-order valence-electron chi connectivity index (χ3n) is 5.66. The van der Waals surface area contributed by atoms with Crippen molar-refractivity contribution in [3.05, 3.63) is 78.0 Å². The first kappa shape index (κ1) is 27.6. The molecular weight excluding hydrogens is 476 g/mol. The first-order valence-corrected chi connectivity index (χ1v) is 12.0. The molecule has 2 heterocycles. The fraction of sp³-hybridized carbons (Fsp3) is 0.333. The van der Waals surface area contributed by atoms with Crippen molar-refractivity contribution in [2.24, 2.45) is 0 Å². The minimum absolute atomic E-state index is 0.0103. The Morgan fingerprint density at radius 1 is 1.08 bits per heavy atom. The summed E-state index contributed by atoms with van der Waals surface area (Å²) in [7, 11) is 0. The van der Waals surface area contributed by atoms with Crippen LogP contribution in [0.3, 0.4) is 0 Å². The highest BCUT2D eigenvalue weighted by Crippen LogP contribution is 2.19. The molecule has 0 radical (unpaired) electrons. The molecule has 196 valence electrons. The van der Waals surface area contributed by atoms with E-state index >= 15 is 0 Å². The van der Waals surface area contributed by atoms with Crippen LogP contribution >= 0.6 is 0 Å². The van der Waals surface area contributed by atoms with Crippen molar-refractivity contribution in [2.45, 2.75) is 32.5 Å². The van der Waals surface area contributed by atoms with Gasteiger partial charge in [-0.1, -0.05) is 42.5 Å². The number of hydrogen-bond acceptors (Lipinski definition) is 6. The molecule has 1 fully saturated rings. The minimum Gasteiger partial charge on any atom is -0.478 e. The van der Waals surface area contributed by atoms with Crippen LogP contribution in [-0.4, -0.2) is 75.1 Å². The van der Waals surface area contributed by atoms with Crippen LogP contribution < -0.4 is 5.32 Å². The number of carboxylic acid groups (broad SMARTS) is 2. The summed E-state index contributed by atoms with van der Waals surface area (Å²) in [5.41, 5.74) is 2.65. The van der Waals surface area contributed by atoms with Gasteiger partial charge in [0.2, 0.25) is 0 Å². The number of benzene rings is 2. The SMILES string of the molecule is CC(C)n1cc2cccc(C(=O)NCC3CN(Cc4ccccc4)CCO3)c2n1.O=C(O)C=CC(=O)O. The molecule has 1 atom stereocenters. The summed E-state index contributed by atoms with van der Waals surface area (Å²) in [6.45, 7) is 7.95. The van der Waals surface area contributed by atoms with Crippen LogP contribution in [0.2, 0.25) is 0 Å². The summed E-state index contributed by atoms with van der Waals surface area (Å²) in [5, 5.41) is 24.3. The van der Waals surface area contributed by atoms with E-state index in [9.17, 15) is 14.4 Å². The molecule has 1 unspecified atom stereocenters. The van der Waals surface area contributed by atoms with Gasteiger partial charge in [-0.25, -0.2) is 9.59 Å². The quantitative estimate of drug-likeness (QED) is 0.396. The number of nitrogens with one attached hydrogen (secondary N) is 1. The first-order chi connectivity index (χ1) is 17.7. The van der Waals surface area contributed by atoms with Gasteiger partial charge in [-0.2, -0.15) is 5.10 Å². The summed E-state index contributed by atoms with van der Waals surface area (Å²) >= 11 is 0. The van der Waals surface area contributed by atoms with E-state index in [1.54, 1.807) is 0 Å². The highest BCUT2D eigenvalue weighted by atomic mass is 16.5. The van der Waals surface area contributed by atoms with E-state index in [4.69, 9.17) is 14.9 Å². The summed E-state index contributed by atoms with van der Waals surface area (Å²) in [4.78, 5) is 34.3. The van der Waals surface area contributed by atoms with E-state index in [2.05, 4.69) is 53.4 Å². The molecular formula is C27H32N4O6. The van der Waals surface area contributed by atoms with Gasteiger partial charge in [0, 0.05) is 56.0 Å². The number of aliphatic carboxylic acids is 2. The molecule has 1 saturated heterocycles. The molecule has 0 aliphatic carbocycles. The normalized spacial score (nSPS) is 15.9. The van der Waals surface area contributed by atoms with E-state index < -0.39 is 11.9 Å². The number of nitrogens with zero attached hydrogens (tertiary/aromatic N) is 3. The number of amides is 1. The van der Waals surface area contributed by atoms with Crippen molar-refractivity contribution in [2.75, 3.05) is 26.2 Å². The molecule has 2 aromatic carbocycles. The van der Waals surface area contributed by atoms with E-state index in [0.717, 1.165) is 30.5 Å². The lowest BCUT2D eigenvalue weighted by Crippen LogP contribution is -2.47. The largest absolute Gasteiger partial charge is 0.478 e. The van der Waals surface area contributed by atoms with Crippen LogP contribution in [0.25, 0.3) is 10.9 Å². The van der Waals surface area contributed by atoms with Crippen molar-refractivity contribution in [1.82, 2.24) is 20.0 Å². The molecule has 1 aliphatic rings. The Kier molecular flexibility index (Phi) is 9.93. The first-order valence-electron chi connectivity index (χ1n) is 12.0. The molecule has 1 aromatic heterocycles. The predicted octanol–water partition coefficient (Wildman–Crippen LogP) is 2.96. The lowest BCUT2D eigenvalue weighted by Gasteiger charge is -2.33. The Balaban J connectivity index is 0.000000414. The monoisotopic (exact) mass is 508 g/mol. The van der Waals surface area contributed by atoms with E-state index in [0.29, 0.717) is 30.9 Å². The smallest absolute Gasteiger partial charge is 0.328 e. The summed E-state index contributed by atoms with van der Waals surface area (Å²) in [6, 6.07) is 16.4. The number of rotatable bonds is 8. The van der Waals surface area contributed by atoms with Gasteiger partial charge < -0.3 is 20.3 Å². The summed E-state index contributed by atoms with van der Waals surface area (Å²) < 4.78 is 7.78. The zero-order chi connectivity index (χ0) is 26.8. The lowest BCUT2D eigenvalue weighted by molar-refractivity contribution is -0.134. The zero-order valence-electron chi connectivity index (χ0n) is 20.9. The van der Waals surface area contributed by atoms with Crippen molar-refractivity contribution >= 4 is 28.7 Å². The highest BCUT2D eigenvalue weighted by molar-refractivity contribution is 6.05. The third-order valence-corrected chi connectivity index (χ3v) is 5.66. The van der Waals surface area contributed by atoms with Crippen molar-refractivity contribution in [1.29, 1.82) is 0 Å². The number of carbonyl (C=O) groups is 3. The van der Waals surface area contributed by atoms with Gasteiger partial charge in [0.25, 0.3) is 5.91 Å². The lowest BCUT2D eigenvalue weighted by atomic mass is 10.1.